The second kappa shape index (κ2) is 7.61. The number of carbonyl (C=O) groups excluding carboxylic acids is 1. The van der Waals surface area contributed by atoms with Crippen LogP contribution in [0, 0.1) is 0 Å². The van der Waals surface area contributed by atoms with Gasteiger partial charge in [0.05, 0.1) is 13.2 Å². The van der Waals surface area contributed by atoms with E-state index in [9.17, 15) is 9.90 Å². The van der Waals surface area contributed by atoms with E-state index in [4.69, 9.17) is 4.74 Å². The highest BCUT2D eigenvalue weighted by atomic mass is 16.5. The van der Waals surface area contributed by atoms with Crippen LogP contribution in [0.3, 0.4) is 0 Å². The zero-order valence-corrected chi connectivity index (χ0v) is 15.7. The minimum absolute atomic E-state index is 0.134. The first kappa shape index (κ1) is 17.9. The SMILES string of the molecule is COc1cc(CN2Cc3ccccc3CC2C(=O)N2CCCC2)ccc1O. The molecule has 2 aliphatic rings. The highest BCUT2D eigenvalue weighted by molar-refractivity contribution is 5.83. The number of amides is 1. The molecule has 0 aliphatic carbocycles. The van der Waals surface area contributed by atoms with Gasteiger partial charge >= 0.3 is 0 Å². The number of phenols is 1. The van der Waals surface area contributed by atoms with E-state index < -0.39 is 0 Å². The predicted octanol–water partition coefficient (Wildman–Crippen LogP) is 2.95. The molecule has 1 unspecified atom stereocenters. The fourth-order valence-corrected chi connectivity index (χ4v) is 4.19. The summed E-state index contributed by atoms with van der Waals surface area (Å²) in [7, 11) is 1.55. The predicted molar refractivity (Wildman–Crippen MR) is 104 cm³/mol. The van der Waals surface area contributed by atoms with Crippen LogP contribution in [0.25, 0.3) is 0 Å². The normalized spacial score (nSPS) is 19.7. The number of methoxy groups -OCH3 is 1. The minimum Gasteiger partial charge on any atom is -0.504 e. The summed E-state index contributed by atoms with van der Waals surface area (Å²) < 4.78 is 5.24. The molecule has 0 aromatic heterocycles. The van der Waals surface area contributed by atoms with Crippen LogP contribution in [0.1, 0.15) is 29.5 Å². The van der Waals surface area contributed by atoms with Crippen molar-refractivity contribution in [2.24, 2.45) is 0 Å². The molecule has 5 nitrogen and oxygen atoms in total. The Morgan fingerprint density at radius 3 is 2.63 bits per heavy atom. The first-order valence-electron chi connectivity index (χ1n) is 9.61. The molecule has 2 aromatic carbocycles. The van der Waals surface area contributed by atoms with Crippen LogP contribution in [0.15, 0.2) is 42.5 Å². The summed E-state index contributed by atoms with van der Waals surface area (Å²) in [5.41, 5.74) is 3.59. The lowest BCUT2D eigenvalue weighted by molar-refractivity contribution is -0.136. The monoisotopic (exact) mass is 366 g/mol. The van der Waals surface area contributed by atoms with E-state index in [2.05, 4.69) is 29.2 Å². The highest BCUT2D eigenvalue weighted by Crippen LogP contribution is 2.30. The van der Waals surface area contributed by atoms with Crippen LogP contribution in [-0.2, 0) is 24.3 Å². The molecule has 5 heteroatoms. The van der Waals surface area contributed by atoms with Crippen LogP contribution < -0.4 is 4.74 Å². The summed E-state index contributed by atoms with van der Waals surface area (Å²) in [5.74, 6) is 0.843. The average Bonchev–Trinajstić information content (AvgIpc) is 3.23. The van der Waals surface area contributed by atoms with Gasteiger partial charge < -0.3 is 14.7 Å². The van der Waals surface area contributed by atoms with Crippen molar-refractivity contribution < 1.29 is 14.6 Å². The molecule has 1 saturated heterocycles. The van der Waals surface area contributed by atoms with Crippen molar-refractivity contribution >= 4 is 5.91 Å². The first-order chi connectivity index (χ1) is 13.2. The van der Waals surface area contributed by atoms with Crippen molar-refractivity contribution in [3.05, 3.63) is 59.2 Å². The number of ether oxygens (including phenoxy) is 1. The number of phenolic OH excluding ortho intramolecular Hbond substituents is 1. The summed E-state index contributed by atoms with van der Waals surface area (Å²) in [4.78, 5) is 17.5. The smallest absolute Gasteiger partial charge is 0.240 e. The van der Waals surface area contributed by atoms with Crippen molar-refractivity contribution in [1.29, 1.82) is 0 Å². The first-order valence-corrected chi connectivity index (χ1v) is 9.61. The summed E-state index contributed by atoms with van der Waals surface area (Å²) in [6, 6.07) is 13.7. The van der Waals surface area contributed by atoms with Crippen molar-refractivity contribution in [1.82, 2.24) is 9.80 Å². The molecule has 0 saturated carbocycles. The van der Waals surface area contributed by atoms with Gasteiger partial charge in [0.1, 0.15) is 0 Å². The fraction of sp³-hybridized carbons (Fsp3) is 0.409. The Balaban J connectivity index is 1.61. The van der Waals surface area contributed by atoms with Crippen LogP contribution in [0.5, 0.6) is 11.5 Å². The summed E-state index contributed by atoms with van der Waals surface area (Å²) in [6.07, 6.45) is 2.95. The van der Waals surface area contributed by atoms with E-state index in [-0.39, 0.29) is 17.7 Å². The number of carbonyl (C=O) groups is 1. The number of hydrogen-bond donors (Lipinski definition) is 1. The standard InChI is InChI=1S/C22H26N2O3/c1-27-21-12-16(8-9-20(21)25)14-24-15-18-7-3-2-6-17(18)13-19(24)22(26)23-10-4-5-11-23/h2-3,6-9,12,19,25H,4-5,10-11,13-15H2,1H3. The number of fused-ring (bicyclic) bond motifs is 1. The van der Waals surface area contributed by atoms with Gasteiger partial charge in [-0.1, -0.05) is 30.3 Å². The topological polar surface area (TPSA) is 53.0 Å². The van der Waals surface area contributed by atoms with Gasteiger partial charge in [-0.05, 0) is 48.1 Å². The third kappa shape index (κ3) is 3.65. The van der Waals surface area contributed by atoms with Gasteiger partial charge in [0.25, 0.3) is 0 Å². The van der Waals surface area contributed by atoms with Crippen LogP contribution in [0.4, 0.5) is 0 Å². The average molecular weight is 366 g/mol. The van der Waals surface area contributed by atoms with Gasteiger partial charge in [-0.3, -0.25) is 9.69 Å². The third-order valence-corrected chi connectivity index (χ3v) is 5.68. The molecule has 1 amide bonds. The Bertz CT molecular complexity index is 830. The Morgan fingerprint density at radius 2 is 1.89 bits per heavy atom. The fourth-order valence-electron chi connectivity index (χ4n) is 4.19. The van der Waals surface area contributed by atoms with Gasteiger partial charge in [0.15, 0.2) is 11.5 Å². The number of benzene rings is 2. The lowest BCUT2D eigenvalue weighted by Crippen LogP contribution is -2.50. The van der Waals surface area contributed by atoms with E-state index in [0.717, 1.165) is 44.5 Å². The molecular weight excluding hydrogens is 340 g/mol. The second-order valence-corrected chi connectivity index (χ2v) is 7.43. The minimum atomic E-state index is -0.141. The summed E-state index contributed by atoms with van der Waals surface area (Å²) in [5, 5.41) is 9.86. The summed E-state index contributed by atoms with van der Waals surface area (Å²) in [6.45, 7) is 3.15. The van der Waals surface area contributed by atoms with Gasteiger partial charge in [-0.2, -0.15) is 0 Å². The molecule has 2 aromatic rings. The number of nitrogens with zero attached hydrogens (tertiary/aromatic N) is 2. The van der Waals surface area contributed by atoms with E-state index in [1.807, 2.05) is 17.0 Å². The van der Waals surface area contributed by atoms with Gasteiger partial charge in [-0.15, -0.1) is 0 Å². The molecule has 27 heavy (non-hydrogen) atoms. The van der Waals surface area contributed by atoms with Crippen LogP contribution in [0.2, 0.25) is 0 Å². The van der Waals surface area contributed by atoms with E-state index in [1.165, 1.54) is 11.1 Å². The number of rotatable bonds is 4. The molecule has 142 valence electrons. The maximum Gasteiger partial charge on any atom is 0.240 e. The Hall–Kier alpha value is -2.53. The molecule has 1 fully saturated rings. The Morgan fingerprint density at radius 1 is 1.15 bits per heavy atom. The van der Waals surface area contributed by atoms with Gasteiger partial charge in [0.2, 0.25) is 5.91 Å². The maximum absolute atomic E-state index is 13.2. The molecule has 4 rings (SSSR count). The summed E-state index contributed by atoms with van der Waals surface area (Å²) >= 11 is 0. The van der Waals surface area contributed by atoms with Gasteiger partial charge in [0, 0.05) is 26.2 Å². The Labute approximate surface area is 160 Å². The van der Waals surface area contributed by atoms with E-state index in [1.54, 1.807) is 13.2 Å². The van der Waals surface area contributed by atoms with Crippen molar-refractivity contribution in [2.75, 3.05) is 20.2 Å². The van der Waals surface area contributed by atoms with Crippen LogP contribution in [-0.4, -0.2) is 47.1 Å². The molecule has 1 N–H and O–H groups in total. The molecule has 2 aliphatic heterocycles. The number of aromatic hydroxyl groups is 1. The van der Waals surface area contributed by atoms with Crippen molar-refractivity contribution in [2.45, 2.75) is 38.4 Å². The maximum atomic E-state index is 13.2. The second-order valence-electron chi connectivity index (χ2n) is 7.43. The van der Waals surface area contributed by atoms with Crippen LogP contribution >= 0.6 is 0 Å². The highest BCUT2D eigenvalue weighted by Gasteiger charge is 2.35. The third-order valence-electron chi connectivity index (χ3n) is 5.68. The zero-order chi connectivity index (χ0) is 18.8. The number of hydrogen-bond acceptors (Lipinski definition) is 4. The zero-order valence-electron chi connectivity index (χ0n) is 15.7. The van der Waals surface area contributed by atoms with E-state index in [0.29, 0.717) is 12.3 Å². The number of likely N-dealkylation sites (tertiary alicyclic amines) is 1. The lowest BCUT2D eigenvalue weighted by atomic mass is 9.92. The molecule has 0 radical (unpaired) electrons. The van der Waals surface area contributed by atoms with Crippen molar-refractivity contribution in [3.63, 3.8) is 0 Å². The molecule has 1 atom stereocenters. The largest absolute Gasteiger partial charge is 0.504 e. The van der Waals surface area contributed by atoms with Crippen molar-refractivity contribution in [3.8, 4) is 11.5 Å². The molecule has 2 heterocycles. The molecule has 0 spiro atoms. The lowest BCUT2D eigenvalue weighted by Gasteiger charge is -2.38. The van der Waals surface area contributed by atoms with Gasteiger partial charge in [-0.25, -0.2) is 0 Å². The quantitative estimate of drug-likeness (QED) is 0.904. The van der Waals surface area contributed by atoms with E-state index >= 15 is 0 Å². The molecular formula is C22H26N2O3. The Kier molecular flexibility index (Phi) is 5.03. The molecule has 0 bridgehead atoms.